The van der Waals surface area contributed by atoms with Crippen molar-refractivity contribution in [2.75, 3.05) is 13.7 Å². The lowest BCUT2D eigenvalue weighted by atomic mass is 10.1. The molecule has 1 rings (SSSR count). The Balaban J connectivity index is 2.45. The summed E-state index contributed by atoms with van der Waals surface area (Å²) < 4.78 is 18.3. The van der Waals surface area contributed by atoms with Gasteiger partial charge in [-0.15, -0.1) is 0 Å². The van der Waals surface area contributed by atoms with Crippen LogP contribution < -0.4 is 10.1 Å². The highest BCUT2D eigenvalue weighted by molar-refractivity contribution is 5.50. The van der Waals surface area contributed by atoms with Gasteiger partial charge in [-0.25, -0.2) is 4.39 Å². The Morgan fingerprint density at radius 2 is 2.06 bits per heavy atom. The Bertz CT molecular complexity index is 407. The maximum atomic E-state index is 13.4. The summed E-state index contributed by atoms with van der Waals surface area (Å²) in [6.07, 6.45) is 4.89. The van der Waals surface area contributed by atoms with Crippen molar-refractivity contribution in [3.05, 3.63) is 35.7 Å². The minimum absolute atomic E-state index is 0.139. The van der Waals surface area contributed by atoms with Crippen LogP contribution in [0.3, 0.4) is 0 Å². The molecule has 0 amide bonds. The fourth-order valence-electron chi connectivity index (χ4n) is 1.54. The van der Waals surface area contributed by atoms with E-state index in [1.165, 1.54) is 13.2 Å². The van der Waals surface area contributed by atoms with E-state index in [9.17, 15) is 4.39 Å². The van der Waals surface area contributed by atoms with Crippen LogP contribution in [0.4, 0.5) is 4.39 Å². The van der Waals surface area contributed by atoms with Gasteiger partial charge in [0.15, 0.2) is 11.6 Å². The number of rotatable bonds is 5. The molecule has 100 valence electrons. The Morgan fingerprint density at radius 3 is 2.61 bits per heavy atom. The van der Waals surface area contributed by atoms with Crippen molar-refractivity contribution in [2.24, 2.45) is 0 Å². The van der Waals surface area contributed by atoms with Gasteiger partial charge >= 0.3 is 0 Å². The first-order valence-electron chi connectivity index (χ1n) is 6.17. The molecule has 0 aliphatic heterocycles. The summed E-state index contributed by atoms with van der Waals surface area (Å²) in [6.45, 7) is 7.32. The van der Waals surface area contributed by atoms with Crippen LogP contribution in [0, 0.1) is 5.82 Å². The monoisotopic (exact) mass is 251 g/mol. The van der Waals surface area contributed by atoms with E-state index in [2.05, 4.69) is 26.1 Å². The third kappa shape index (κ3) is 5.32. The van der Waals surface area contributed by atoms with Crippen LogP contribution in [-0.4, -0.2) is 19.2 Å². The maximum absolute atomic E-state index is 13.4. The molecule has 2 nitrogen and oxygen atoms in total. The normalized spacial score (nSPS) is 12.1. The minimum Gasteiger partial charge on any atom is -0.494 e. The van der Waals surface area contributed by atoms with Crippen LogP contribution >= 0.6 is 0 Å². The van der Waals surface area contributed by atoms with Crippen molar-refractivity contribution >= 4 is 6.08 Å². The molecule has 0 spiro atoms. The molecule has 1 aromatic carbocycles. The van der Waals surface area contributed by atoms with Gasteiger partial charge in [0.1, 0.15) is 0 Å². The third-order valence-electron chi connectivity index (χ3n) is 2.45. The summed E-state index contributed by atoms with van der Waals surface area (Å²) in [6, 6.07) is 4.96. The Labute approximate surface area is 109 Å². The summed E-state index contributed by atoms with van der Waals surface area (Å²) >= 11 is 0. The Morgan fingerprint density at radius 1 is 1.33 bits per heavy atom. The van der Waals surface area contributed by atoms with E-state index in [4.69, 9.17) is 4.74 Å². The van der Waals surface area contributed by atoms with Crippen molar-refractivity contribution < 1.29 is 9.13 Å². The Kier molecular flexibility index (Phi) is 5.35. The largest absolute Gasteiger partial charge is 0.494 e. The zero-order valence-corrected chi connectivity index (χ0v) is 11.6. The highest BCUT2D eigenvalue weighted by atomic mass is 19.1. The molecular formula is C15H22FNO. The van der Waals surface area contributed by atoms with E-state index in [1.807, 2.05) is 18.2 Å². The van der Waals surface area contributed by atoms with Crippen LogP contribution in [0.5, 0.6) is 5.75 Å². The lowest BCUT2D eigenvalue weighted by molar-refractivity contribution is 0.386. The van der Waals surface area contributed by atoms with Crippen LogP contribution in [0.2, 0.25) is 0 Å². The second-order valence-corrected chi connectivity index (χ2v) is 5.26. The van der Waals surface area contributed by atoms with Crippen molar-refractivity contribution in [1.29, 1.82) is 0 Å². The van der Waals surface area contributed by atoms with Gasteiger partial charge in [-0.1, -0.05) is 18.2 Å². The molecule has 0 heterocycles. The molecule has 3 heteroatoms. The molecule has 0 saturated carbocycles. The third-order valence-corrected chi connectivity index (χ3v) is 2.45. The molecule has 0 aromatic heterocycles. The summed E-state index contributed by atoms with van der Waals surface area (Å²) in [5, 5.41) is 3.39. The van der Waals surface area contributed by atoms with Gasteiger partial charge < -0.3 is 10.1 Å². The van der Waals surface area contributed by atoms with Gasteiger partial charge in [-0.2, -0.15) is 0 Å². The van der Waals surface area contributed by atoms with Crippen molar-refractivity contribution in [3.63, 3.8) is 0 Å². The highest BCUT2D eigenvalue weighted by Gasteiger charge is 2.06. The molecule has 0 bridgehead atoms. The molecule has 0 unspecified atom stereocenters. The quantitative estimate of drug-likeness (QED) is 0.807. The molecule has 0 fully saturated rings. The minimum atomic E-state index is -0.326. The maximum Gasteiger partial charge on any atom is 0.165 e. The molecule has 1 aromatic rings. The first-order chi connectivity index (χ1) is 8.42. The highest BCUT2D eigenvalue weighted by Crippen LogP contribution is 2.18. The lowest BCUT2D eigenvalue weighted by Gasteiger charge is -2.19. The average molecular weight is 251 g/mol. The molecule has 1 N–H and O–H groups in total. The topological polar surface area (TPSA) is 21.3 Å². The van der Waals surface area contributed by atoms with Gasteiger partial charge in [0.25, 0.3) is 0 Å². The predicted octanol–water partition coefficient (Wildman–Crippen LogP) is 3.63. The van der Waals surface area contributed by atoms with E-state index in [-0.39, 0.29) is 17.1 Å². The number of methoxy groups -OCH3 is 1. The summed E-state index contributed by atoms with van der Waals surface area (Å²) in [7, 11) is 1.46. The van der Waals surface area contributed by atoms with Gasteiger partial charge in [-0.05, 0) is 51.4 Å². The van der Waals surface area contributed by atoms with E-state index in [0.29, 0.717) is 0 Å². The van der Waals surface area contributed by atoms with Crippen molar-refractivity contribution in [2.45, 2.75) is 32.7 Å². The standard InChI is InChI=1S/C15H22FNO/c1-15(2,3)17-10-6-5-7-12-8-9-14(18-4)13(16)11-12/h5,7-9,11,17H,6,10H2,1-4H3. The van der Waals surface area contributed by atoms with Crippen molar-refractivity contribution in [3.8, 4) is 5.75 Å². The smallest absolute Gasteiger partial charge is 0.165 e. The van der Waals surface area contributed by atoms with Gasteiger partial charge in [0.05, 0.1) is 7.11 Å². The van der Waals surface area contributed by atoms with Crippen molar-refractivity contribution in [1.82, 2.24) is 5.32 Å². The van der Waals surface area contributed by atoms with Crippen LogP contribution in [0.15, 0.2) is 24.3 Å². The fourth-order valence-corrected chi connectivity index (χ4v) is 1.54. The predicted molar refractivity (Wildman–Crippen MR) is 74.4 cm³/mol. The van der Waals surface area contributed by atoms with E-state index in [1.54, 1.807) is 6.07 Å². The fraction of sp³-hybridized carbons (Fsp3) is 0.467. The molecular weight excluding hydrogens is 229 g/mol. The number of hydrogen-bond donors (Lipinski definition) is 1. The zero-order chi connectivity index (χ0) is 13.6. The van der Waals surface area contributed by atoms with Crippen LogP contribution in [0.25, 0.3) is 6.08 Å². The first-order valence-corrected chi connectivity index (χ1v) is 6.17. The molecule has 0 aliphatic carbocycles. The second-order valence-electron chi connectivity index (χ2n) is 5.26. The second kappa shape index (κ2) is 6.55. The average Bonchev–Trinajstić information content (AvgIpc) is 2.27. The van der Waals surface area contributed by atoms with Crippen LogP contribution in [-0.2, 0) is 0 Å². The summed E-state index contributed by atoms with van der Waals surface area (Å²) in [5.74, 6) is -0.0472. The molecule has 18 heavy (non-hydrogen) atoms. The zero-order valence-electron chi connectivity index (χ0n) is 11.6. The van der Waals surface area contributed by atoms with E-state index >= 15 is 0 Å². The van der Waals surface area contributed by atoms with Gasteiger partial charge in [0, 0.05) is 5.54 Å². The summed E-state index contributed by atoms with van der Waals surface area (Å²) in [4.78, 5) is 0. The number of benzene rings is 1. The number of ether oxygens (including phenoxy) is 1. The molecule has 0 saturated heterocycles. The van der Waals surface area contributed by atoms with Gasteiger partial charge in [-0.3, -0.25) is 0 Å². The molecule has 0 radical (unpaired) electrons. The Hall–Kier alpha value is -1.35. The van der Waals surface area contributed by atoms with Gasteiger partial charge in [0.2, 0.25) is 0 Å². The number of nitrogens with one attached hydrogen (secondary N) is 1. The lowest BCUT2D eigenvalue weighted by Crippen LogP contribution is -2.36. The number of hydrogen-bond acceptors (Lipinski definition) is 2. The SMILES string of the molecule is COc1ccc(C=CCCNC(C)(C)C)cc1F. The summed E-state index contributed by atoms with van der Waals surface area (Å²) in [5.41, 5.74) is 0.990. The molecule has 0 atom stereocenters. The first kappa shape index (κ1) is 14.7. The van der Waals surface area contributed by atoms with E-state index < -0.39 is 0 Å². The van der Waals surface area contributed by atoms with Crippen LogP contribution in [0.1, 0.15) is 32.8 Å². The van der Waals surface area contributed by atoms with E-state index in [0.717, 1.165) is 18.5 Å². The molecule has 0 aliphatic rings. The number of halogens is 1.